The molecule has 1 aliphatic rings. The third kappa shape index (κ3) is 4.72. The van der Waals surface area contributed by atoms with Gasteiger partial charge in [0.1, 0.15) is 6.61 Å². The molecule has 0 spiro atoms. The van der Waals surface area contributed by atoms with Crippen molar-refractivity contribution in [3.8, 4) is 0 Å². The quantitative estimate of drug-likeness (QED) is 0.867. The van der Waals surface area contributed by atoms with Crippen LogP contribution in [-0.4, -0.2) is 41.8 Å². The van der Waals surface area contributed by atoms with Gasteiger partial charge in [-0.3, -0.25) is 0 Å². The number of hydrogen-bond donors (Lipinski definition) is 2. The normalized spacial score (nSPS) is 20.1. The maximum atomic E-state index is 12.1. The van der Waals surface area contributed by atoms with E-state index in [0.717, 1.165) is 24.9 Å². The fourth-order valence-electron chi connectivity index (χ4n) is 2.72. The first-order valence-electron chi connectivity index (χ1n) is 7.52. The van der Waals surface area contributed by atoms with Gasteiger partial charge >= 0.3 is 6.09 Å². The van der Waals surface area contributed by atoms with Gasteiger partial charge in [-0.05, 0) is 30.7 Å². The van der Waals surface area contributed by atoms with E-state index in [1.54, 1.807) is 4.90 Å². The lowest BCUT2D eigenvalue weighted by Crippen LogP contribution is -2.46. The minimum atomic E-state index is -0.278. The van der Waals surface area contributed by atoms with E-state index in [9.17, 15) is 4.79 Å². The predicted octanol–water partition coefficient (Wildman–Crippen LogP) is 1.74. The van der Waals surface area contributed by atoms with Crippen molar-refractivity contribution in [2.24, 2.45) is 11.7 Å². The Morgan fingerprint density at radius 2 is 2.19 bits per heavy atom. The molecule has 3 N–H and O–H groups in total. The van der Waals surface area contributed by atoms with Gasteiger partial charge < -0.3 is 20.5 Å². The summed E-state index contributed by atoms with van der Waals surface area (Å²) >= 11 is 0. The molecule has 1 aliphatic heterocycles. The highest BCUT2D eigenvalue weighted by Gasteiger charge is 2.28. The number of amides is 1. The van der Waals surface area contributed by atoms with Gasteiger partial charge in [-0.25, -0.2) is 4.79 Å². The zero-order valence-electron chi connectivity index (χ0n) is 12.3. The number of carbonyl (C=O) groups is 1. The number of benzene rings is 1. The van der Waals surface area contributed by atoms with Crippen molar-refractivity contribution in [1.29, 1.82) is 0 Å². The summed E-state index contributed by atoms with van der Waals surface area (Å²) in [5, 5.41) is 8.97. The molecule has 0 aromatic heterocycles. The van der Waals surface area contributed by atoms with Crippen LogP contribution < -0.4 is 5.73 Å². The molecule has 0 saturated carbocycles. The van der Waals surface area contributed by atoms with Crippen LogP contribution in [0.15, 0.2) is 30.3 Å². The standard InChI is InChI=1S/C16H24N2O3/c17-15(8-10-19)14-7-4-9-18(11-14)16(20)21-12-13-5-2-1-3-6-13/h1-3,5-6,14-15,19H,4,7-12,17H2/t14-,15-/m1/s1. The summed E-state index contributed by atoms with van der Waals surface area (Å²) < 4.78 is 5.35. The first-order chi connectivity index (χ1) is 10.2. The molecule has 5 nitrogen and oxygen atoms in total. The van der Waals surface area contributed by atoms with Crippen molar-refractivity contribution < 1.29 is 14.6 Å². The van der Waals surface area contributed by atoms with Crippen LogP contribution >= 0.6 is 0 Å². The van der Waals surface area contributed by atoms with Crippen LogP contribution in [0.4, 0.5) is 4.79 Å². The maximum absolute atomic E-state index is 12.1. The molecule has 21 heavy (non-hydrogen) atoms. The second-order valence-corrected chi connectivity index (χ2v) is 5.56. The summed E-state index contributed by atoms with van der Waals surface area (Å²) in [6, 6.07) is 9.59. The van der Waals surface area contributed by atoms with Gasteiger partial charge in [-0.1, -0.05) is 30.3 Å². The fraction of sp³-hybridized carbons (Fsp3) is 0.562. The van der Waals surface area contributed by atoms with Gasteiger partial charge in [0, 0.05) is 25.7 Å². The van der Waals surface area contributed by atoms with E-state index in [-0.39, 0.29) is 24.7 Å². The average Bonchev–Trinajstić information content (AvgIpc) is 2.54. The first-order valence-corrected chi connectivity index (χ1v) is 7.52. The number of piperidine rings is 1. The molecule has 0 bridgehead atoms. The van der Waals surface area contributed by atoms with Crippen molar-refractivity contribution in [1.82, 2.24) is 4.90 Å². The topological polar surface area (TPSA) is 75.8 Å². The smallest absolute Gasteiger partial charge is 0.410 e. The molecule has 116 valence electrons. The Hall–Kier alpha value is -1.59. The van der Waals surface area contributed by atoms with E-state index in [1.807, 2.05) is 30.3 Å². The summed E-state index contributed by atoms with van der Waals surface area (Å²) in [4.78, 5) is 13.8. The monoisotopic (exact) mass is 292 g/mol. The van der Waals surface area contributed by atoms with Crippen molar-refractivity contribution in [2.75, 3.05) is 19.7 Å². The molecule has 1 heterocycles. The van der Waals surface area contributed by atoms with Crippen LogP contribution in [0.5, 0.6) is 0 Å². The zero-order chi connectivity index (χ0) is 15.1. The Morgan fingerprint density at radius 3 is 2.90 bits per heavy atom. The van der Waals surface area contributed by atoms with Gasteiger partial charge in [0.25, 0.3) is 0 Å². The molecule has 5 heteroatoms. The summed E-state index contributed by atoms with van der Waals surface area (Å²) in [6.45, 7) is 1.73. The number of rotatable bonds is 5. The number of hydrogen-bond acceptors (Lipinski definition) is 4. The fourth-order valence-corrected chi connectivity index (χ4v) is 2.72. The molecular formula is C16H24N2O3. The lowest BCUT2D eigenvalue weighted by molar-refractivity contribution is 0.0741. The first kappa shape index (κ1) is 15.8. The molecule has 2 atom stereocenters. The van der Waals surface area contributed by atoms with Crippen LogP contribution in [0.2, 0.25) is 0 Å². The van der Waals surface area contributed by atoms with E-state index in [2.05, 4.69) is 0 Å². The minimum Gasteiger partial charge on any atom is -0.445 e. The number of aliphatic hydroxyl groups is 1. The molecular weight excluding hydrogens is 268 g/mol. The van der Waals surface area contributed by atoms with E-state index < -0.39 is 0 Å². The SMILES string of the molecule is N[C@H](CCO)[C@@H]1CCCN(C(=O)OCc2ccccc2)C1. The number of ether oxygens (including phenoxy) is 1. The Kier molecular flexibility index (Phi) is 6.02. The van der Waals surface area contributed by atoms with E-state index in [4.69, 9.17) is 15.6 Å². The van der Waals surface area contributed by atoms with Crippen LogP contribution in [0.3, 0.4) is 0 Å². The largest absolute Gasteiger partial charge is 0.445 e. The molecule has 2 rings (SSSR count). The summed E-state index contributed by atoms with van der Waals surface area (Å²) in [5.41, 5.74) is 7.03. The molecule has 1 fully saturated rings. The lowest BCUT2D eigenvalue weighted by Gasteiger charge is -2.34. The lowest BCUT2D eigenvalue weighted by atomic mass is 9.90. The Bertz CT molecular complexity index is 438. The van der Waals surface area contributed by atoms with E-state index in [0.29, 0.717) is 19.6 Å². The highest BCUT2D eigenvalue weighted by Crippen LogP contribution is 2.21. The number of nitrogens with zero attached hydrogens (tertiary/aromatic N) is 1. The molecule has 1 amide bonds. The molecule has 1 saturated heterocycles. The van der Waals surface area contributed by atoms with E-state index >= 15 is 0 Å². The van der Waals surface area contributed by atoms with Crippen molar-refractivity contribution in [3.63, 3.8) is 0 Å². The molecule has 0 radical (unpaired) electrons. The number of likely N-dealkylation sites (tertiary alicyclic amines) is 1. The number of carbonyl (C=O) groups excluding carboxylic acids is 1. The average molecular weight is 292 g/mol. The second kappa shape index (κ2) is 8.00. The molecule has 1 aromatic carbocycles. The maximum Gasteiger partial charge on any atom is 0.410 e. The van der Waals surface area contributed by atoms with Crippen LogP contribution in [0.25, 0.3) is 0 Å². The van der Waals surface area contributed by atoms with Crippen LogP contribution in [0.1, 0.15) is 24.8 Å². The predicted molar refractivity (Wildman–Crippen MR) is 80.6 cm³/mol. The third-order valence-electron chi connectivity index (χ3n) is 3.99. The van der Waals surface area contributed by atoms with Gasteiger partial charge in [0.2, 0.25) is 0 Å². The van der Waals surface area contributed by atoms with Gasteiger partial charge in [-0.15, -0.1) is 0 Å². The van der Waals surface area contributed by atoms with Crippen molar-refractivity contribution in [2.45, 2.75) is 31.9 Å². The molecule has 0 aliphatic carbocycles. The van der Waals surface area contributed by atoms with Gasteiger partial charge in [0.05, 0.1) is 0 Å². The van der Waals surface area contributed by atoms with Gasteiger partial charge in [-0.2, -0.15) is 0 Å². The highest BCUT2D eigenvalue weighted by molar-refractivity contribution is 5.67. The van der Waals surface area contributed by atoms with Crippen LogP contribution in [-0.2, 0) is 11.3 Å². The van der Waals surface area contributed by atoms with Crippen molar-refractivity contribution >= 4 is 6.09 Å². The summed E-state index contributed by atoms with van der Waals surface area (Å²) in [5.74, 6) is 0.246. The second-order valence-electron chi connectivity index (χ2n) is 5.56. The molecule has 0 unspecified atom stereocenters. The minimum absolute atomic E-state index is 0.0558. The summed E-state index contributed by atoms with van der Waals surface area (Å²) in [6.07, 6.45) is 2.24. The van der Waals surface area contributed by atoms with Crippen molar-refractivity contribution in [3.05, 3.63) is 35.9 Å². The Balaban J connectivity index is 1.81. The van der Waals surface area contributed by atoms with Crippen LogP contribution in [0, 0.1) is 5.92 Å². The number of aliphatic hydroxyl groups excluding tert-OH is 1. The third-order valence-corrected chi connectivity index (χ3v) is 3.99. The highest BCUT2D eigenvalue weighted by atomic mass is 16.6. The Labute approximate surface area is 125 Å². The Morgan fingerprint density at radius 1 is 1.43 bits per heavy atom. The number of nitrogens with two attached hydrogens (primary N) is 1. The summed E-state index contributed by atoms with van der Waals surface area (Å²) in [7, 11) is 0. The van der Waals surface area contributed by atoms with Gasteiger partial charge in [0.15, 0.2) is 0 Å². The van der Waals surface area contributed by atoms with E-state index in [1.165, 1.54) is 0 Å². The molecule has 1 aromatic rings. The zero-order valence-corrected chi connectivity index (χ0v) is 12.3.